The molecule has 0 saturated carbocycles. The Kier molecular flexibility index (Phi) is 11.3. The Hall–Kier alpha value is -5.17. The van der Waals surface area contributed by atoms with Gasteiger partial charge < -0.3 is 29.9 Å². The van der Waals surface area contributed by atoms with Crippen LogP contribution >= 0.6 is 0 Å². The standard InChI is InChI=1S/C33H37N5O3.C2HF3O2/c1-6-22-8-9-24(19-28(22)35-29(39)7-2)30-27-18-25(33(40)41-21(3)4)20-34-32(27)36-31(30)23-10-12-26(13-11-23)38-16-14-37(5)15-17-38;3-2(4,5)1(6)7/h7-13,18-21H,2,6,14-17H2,1,3-5H3,(H,34,36)(H,35,39);(H,6,7). The van der Waals surface area contributed by atoms with Gasteiger partial charge in [0.1, 0.15) is 5.65 Å². The normalized spacial score (nSPS) is 13.5. The highest BCUT2D eigenvalue weighted by Gasteiger charge is 2.38. The van der Waals surface area contributed by atoms with Gasteiger partial charge in [-0.25, -0.2) is 14.6 Å². The number of anilines is 2. The van der Waals surface area contributed by atoms with Crippen LogP contribution in [0.4, 0.5) is 24.5 Å². The molecule has 0 atom stereocenters. The van der Waals surface area contributed by atoms with E-state index in [0.717, 1.165) is 71.6 Å². The molecule has 254 valence electrons. The Balaban J connectivity index is 0.000000671. The number of carbonyl (C=O) groups is 3. The van der Waals surface area contributed by atoms with Crippen LogP contribution in [0.3, 0.4) is 0 Å². The van der Waals surface area contributed by atoms with Crippen LogP contribution in [0.2, 0.25) is 0 Å². The van der Waals surface area contributed by atoms with Crippen LogP contribution in [0.15, 0.2) is 67.4 Å². The summed E-state index contributed by atoms with van der Waals surface area (Å²) in [6.07, 6.45) is -1.75. The first-order valence-corrected chi connectivity index (χ1v) is 15.3. The zero-order chi connectivity index (χ0) is 35.2. The number of carboxylic acid groups (broad SMARTS) is 1. The number of halogens is 3. The fourth-order valence-electron chi connectivity index (χ4n) is 5.22. The Labute approximate surface area is 276 Å². The molecule has 2 aromatic carbocycles. The molecule has 3 heterocycles. The van der Waals surface area contributed by atoms with Crippen molar-refractivity contribution in [3.8, 4) is 22.4 Å². The third-order valence-electron chi connectivity index (χ3n) is 7.72. The van der Waals surface area contributed by atoms with E-state index in [-0.39, 0.29) is 12.0 Å². The highest BCUT2D eigenvalue weighted by Crippen LogP contribution is 2.40. The van der Waals surface area contributed by atoms with Gasteiger partial charge in [0.25, 0.3) is 0 Å². The van der Waals surface area contributed by atoms with Crippen LogP contribution in [0.25, 0.3) is 33.4 Å². The predicted octanol–water partition coefficient (Wildman–Crippen LogP) is 6.53. The molecular formula is C35H38F3N5O5. The van der Waals surface area contributed by atoms with Crippen molar-refractivity contribution >= 4 is 40.3 Å². The zero-order valence-corrected chi connectivity index (χ0v) is 27.1. The monoisotopic (exact) mass is 665 g/mol. The molecule has 2 aromatic heterocycles. The lowest BCUT2D eigenvalue weighted by atomic mass is 9.96. The summed E-state index contributed by atoms with van der Waals surface area (Å²) >= 11 is 0. The summed E-state index contributed by atoms with van der Waals surface area (Å²) in [6.45, 7) is 13.4. The lowest BCUT2D eigenvalue weighted by Crippen LogP contribution is -2.44. The molecular weight excluding hydrogens is 627 g/mol. The van der Waals surface area contributed by atoms with Crippen molar-refractivity contribution in [1.29, 1.82) is 0 Å². The molecule has 0 unspecified atom stereocenters. The van der Waals surface area contributed by atoms with Crippen molar-refractivity contribution in [3.05, 3.63) is 78.5 Å². The molecule has 3 N–H and O–H groups in total. The van der Waals surface area contributed by atoms with Gasteiger partial charge in [-0.15, -0.1) is 0 Å². The summed E-state index contributed by atoms with van der Waals surface area (Å²) < 4.78 is 37.2. The molecule has 1 aliphatic heterocycles. The average molecular weight is 666 g/mol. The number of hydrogen-bond acceptors (Lipinski definition) is 7. The van der Waals surface area contributed by atoms with Gasteiger partial charge in [-0.3, -0.25) is 4.79 Å². The number of H-pyrrole nitrogens is 1. The van der Waals surface area contributed by atoms with Crippen LogP contribution in [0.5, 0.6) is 0 Å². The number of alkyl halides is 3. The third kappa shape index (κ3) is 8.59. The molecule has 10 nitrogen and oxygen atoms in total. The Morgan fingerprint density at radius 3 is 2.25 bits per heavy atom. The molecule has 4 aromatic rings. The molecule has 5 rings (SSSR count). The van der Waals surface area contributed by atoms with Gasteiger partial charge in [-0.05, 0) is 74.3 Å². The summed E-state index contributed by atoms with van der Waals surface area (Å²) in [4.78, 5) is 46.8. The fourth-order valence-corrected chi connectivity index (χ4v) is 5.22. The number of carboxylic acids is 1. The summed E-state index contributed by atoms with van der Waals surface area (Å²) in [5.41, 5.74) is 7.65. The number of piperazine rings is 1. The number of carbonyl (C=O) groups excluding carboxylic acids is 2. The molecule has 0 aliphatic carbocycles. The van der Waals surface area contributed by atoms with Gasteiger partial charge in [-0.1, -0.05) is 37.8 Å². The largest absolute Gasteiger partial charge is 0.490 e. The second-order valence-corrected chi connectivity index (χ2v) is 11.5. The molecule has 48 heavy (non-hydrogen) atoms. The molecule has 1 fully saturated rings. The van der Waals surface area contributed by atoms with E-state index in [1.807, 2.05) is 45.0 Å². The van der Waals surface area contributed by atoms with Crippen molar-refractivity contribution in [2.24, 2.45) is 0 Å². The summed E-state index contributed by atoms with van der Waals surface area (Å²) in [5.74, 6) is -3.44. The number of ether oxygens (including phenoxy) is 1. The number of aliphatic carboxylic acids is 1. The van der Waals surface area contributed by atoms with Crippen molar-refractivity contribution in [2.75, 3.05) is 43.4 Å². The molecule has 1 amide bonds. The number of esters is 1. The number of aryl methyl sites for hydroxylation is 1. The number of hydrogen-bond donors (Lipinski definition) is 3. The molecule has 0 bridgehead atoms. The van der Waals surface area contributed by atoms with Crippen molar-refractivity contribution < 1.29 is 37.4 Å². The second kappa shape index (κ2) is 15.2. The number of rotatable bonds is 8. The Morgan fingerprint density at radius 2 is 1.69 bits per heavy atom. The highest BCUT2D eigenvalue weighted by atomic mass is 19.4. The van der Waals surface area contributed by atoms with Gasteiger partial charge in [0.05, 0.1) is 17.4 Å². The Bertz CT molecular complexity index is 1790. The Morgan fingerprint density at radius 1 is 1.06 bits per heavy atom. The first kappa shape index (κ1) is 35.7. The summed E-state index contributed by atoms with van der Waals surface area (Å²) in [7, 11) is 2.15. The van der Waals surface area contributed by atoms with E-state index >= 15 is 0 Å². The number of fused-ring (bicyclic) bond motifs is 1. The zero-order valence-electron chi connectivity index (χ0n) is 27.1. The van der Waals surface area contributed by atoms with Crippen LogP contribution < -0.4 is 10.2 Å². The van der Waals surface area contributed by atoms with Crippen molar-refractivity contribution in [2.45, 2.75) is 39.5 Å². The minimum atomic E-state index is -5.08. The van der Waals surface area contributed by atoms with Crippen molar-refractivity contribution in [1.82, 2.24) is 14.9 Å². The third-order valence-corrected chi connectivity index (χ3v) is 7.72. The van der Waals surface area contributed by atoms with Gasteiger partial charge in [0.2, 0.25) is 5.91 Å². The maximum absolute atomic E-state index is 12.8. The van der Waals surface area contributed by atoms with Gasteiger partial charge in [0, 0.05) is 54.7 Å². The number of nitrogens with one attached hydrogen (secondary N) is 2. The van der Waals surface area contributed by atoms with Crippen LogP contribution in [0.1, 0.15) is 36.7 Å². The van der Waals surface area contributed by atoms with E-state index in [4.69, 9.17) is 14.6 Å². The molecule has 1 aliphatic rings. The maximum Gasteiger partial charge on any atom is 0.490 e. The SMILES string of the molecule is C=CC(=O)Nc1cc(-c2c(-c3ccc(N4CCN(C)CC4)cc3)[nH]c3ncc(C(=O)OC(C)C)cc23)ccc1CC.O=C(O)C(F)(F)F. The van der Waals surface area contributed by atoms with Gasteiger partial charge in [0.15, 0.2) is 0 Å². The van der Waals surface area contributed by atoms with E-state index < -0.39 is 18.1 Å². The van der Waals surface area contributed by atoms with Gasteiger partial charge >= 0.3 is 18.1 Å². The minimum absolute atomic E-state index is 0.240. The number of nitrogens with zero attached hydrogens (tertiary/aromatic N) is 3. The number of aromatic amines is 1. The number of amides is 1. The average Bonchev–Trinajstić information content (AvgIpc) is 3.43. The van der Waals surface area contributed by atoms with E-state index in [2.05, 4.69) is 63.0 Å². The lowest BCUT2D eigenvalue weighted by Gasteiger charge is -2.34. The first-order chi connectivity index (χ1) is 22.7. The maximum atomic E-state index is 12.8. The molecule has 13 heteroatoms. The topological polar surface area (TPSA) is 128 Å². The van der Waals surface area contributed by atoms with E-state index in [0.29, 0.717) is 11.2 Å². The molecule has 1 saturated heterocycles. The van der Waals surface area contributed by atoms with E-state index in [1.54, 1.807) is 6.20 Å². The lowest BCUT2D eigenvalue weighted by molar-refractivity contribution is -0.192. The van der Waals surface area contributed by atoms with Gasteiger partial charge in [-0.2, -0.15) is 13.2 Å². The van der Waals surface area contributed by atoms with E-state index in [1.165, 1.54) is 11.8 Å². The smallest absolute Gasteiger partial charge is 0.475 e. The van der Waals surface area contributed by atoms with Crippen LogP contribution in [-0.4, -0.2) is 83.3 Å². The van der Waals surface area contributed by atoms with Crippen LogP contribution in [-0.2, 0) is 20.7 Å². The predicted molar refractivity (Wildman–Crippen MR) is 179 cm³/mol. The summed E-state index contributed by atoms with van der Waals surface area (Å²) in [6, 6.07) is 16.4. The number of pyridine rings is 1. The van der Waals surface area contributed by atoms with Crippen molar-refractivity contribution in [3.63, 3.8) is 0 Å². The first-order valence-electron chi connectivity index (χ1n) is 15.3. The number of benzene rings is 2. The van der Waals surface area contributed by atoms with E-state index in [9.17, 15) is 22.8 Å². The quantitative estimate of drug-likeness (QED) is 0.143. The van der Waals surface area contributed by atoms with Crippen LogP contribution in [0, 0.1) is 0 Å². The molecule has 0 radical (unpaired) electrons. The second-order valence-electron chi connectivity index (χ2n) is 11.5. The highest BCUT2D eigenvalue weighted by molar-refractivity contribution is 6.06. The summed E-state index contributed by atoms with van der Waals surface area (Å²) in [5, 5.41) is 10.9. The molecule has 0 spiro atoms. The number of likely N-dealkylation sites (N-methyl/N-ethyl adjacent to an activating group) is 1. The fraction of sp³-hybridized carbons (Fsp3) is 0.314. The minimum Gasteiger partial charge on any atom is -0.475 e. The number of aromatic nitrogens is 2.